The maximum Gasteiger partial charge on any atom is 0.0103 e. The Morgan fingerprint density at radius 2 is 2.22 bits per heavy atom. The molecule has 1 aliphatic carbocycles. The molecule has 0 aromatic carbocycles. The van der Waals surface area contributed by atoms with Gasteiger partial charge in [0.05, 0.1) is 0 Å². The van der Waals surface area contributed by atoms with Crippen LogP contribution in [0.25, 0.3) is 11.1 Å². The zero-order chi connectivity index (χ0) is 6.10. The van der Waals surface area contributed by atoms with Crippen LogP contribution in [-0.4, -0.2) is 0 Å². The summed E-state index contributed by atoms with van der Waals surface area (Å²) in [4.78, 5) is 0. The van der Waals surface area contributed by atoms with Gasteiger partial charge in [-0.25, -0.2) is 0 Å². The Labute approximate surface area is 56.0 Å². The summed E-state index contributed by atoms with van der Waals surface area (Å²) in [5.74, 6) is 5.44. The summed E-state index contributed by atoms with van der Waals surface area (Å²) in [5, 5.41) is 0. The molecule has 2 aliphatic rings. The molecule has 0 N–H and O–H groups in total. The fraction of sp³-hybridized carbons (Fsp3) is 0. The SMILES string of the molecule is [c]1[pH]ccc2cccc1-2. The van der Waals surface area contributed by atoms with Crippen molar-refractivity contribution in [2.45, 2.75) is 0 Å². The molecular formula is C8H6P. The van der Waals surface area contributed by atoms with Gasteiger partial charge in [0.1, 0.15) is 0 Å². The van der Waals surface area contributed by atoms with E-state index in [0.29, 0.717) is 0 Å². The fourth-order valence-electron chi connectivity index (χ4n) is 0.944. The second-order valence-electron chi connectivity index (χ2n) is 2.00. The molecule has 0 fully saturated rings. The van der Waals surface area contributed by atoms with Crippen molar-refractivity contribution < 1.29 is 0 Å². The predicted octanol–water partition coefficient (Wildman–Crippen LogP) is 2.62. The maximum absolute atomic E-state index is 3.28. The van der Waals surface area contributed by atoms with E-state index in [-0.39, 0.29) is 0 Å². The first-order chi connectivity index (χ1) is 4.47. The van der Waals surface area contributed by atoms with Gasteiger partial charge in [0.15, 0.2) is 0 Å². The van der Waals surface area contributed by atoms with Crippen molar-refractivity contribution in [2.24, 2.45) is 0 Å². The van der Waals surface area contributed by atoms with Crippen LogP contribution in [0.2, 0.25) is 0 Å². The third-order valence-electron chi connectivity index (χ3n) is 1.40. The predicted molar refractivity (Wildman–Crippen MR) is 41.4 cm³/mol. The van der Waals surface area contributed by atoms with Gasteiger partial charge in [-0.15, -0.1) is 8.19 Å². The zero-order valence-corrected chi connectivity index (χ0v) is 5.89. The molecule has 0 aromatic rings. The van der Waals surface area contributed by atoms with Crippen LogP contribution in [0.15, 0.2) is 30.1 Å². The lowest BCUT2D eigenvalue weighted by Crippen LogP contribution is -1.64. The van der Waals surface area contributed by atoms with E-state index in [9.17, 15) is 0 Å². The van der Waals surface area contributed by atoms with Crippen LogP contribution in [0, 0.1) is 5.80 Å². The van der Waals surface area contributed by atoms with Crippen molar-refractivity contribution in [2.75, 3.05) is 0 Å². The lowest BCUT2D eigenvalue weighted by Gasteiger charge is -1.91. The fourth-order valence-corrected chi connectivity index (χ4v) is 1.67. The van der Waals surface area contributed by atoms with E-state index >= 15 is 0 Å². The van der Waals surface area contributed by atoms with Crippen molar-refractivity contribution in [3.05, 3.63) is 35.9 Å². The molecule has 0 aromatic heterocycles. The van der Waals surface area contributed by atoms with E-state index in [0.717, 1.165) is 8.19 Å². The molecule has 2 rings (SSSR count). The van der Waals surface area contributed by atoms with Crippen molar-refractivity contribution in [3.8, 4) is 11.1 Å². The first-order valence-corrected chi connectivity index (χ1v) is 3.98. The number of fused-ring (bicyclic) bond motifs is 1. The highest BCUT2D eigenvalue weighted by Gasteiger charge is 1.96. The van der Waals surface area contributed by atoms with E-state index in [1.54, 1.807) is 0 Å². The van der Waals surface area contributed by atoms with Gasteiger partial charge >= 0.3 is 0 Å². The molecule has 1 aliphatic heterocycles. The van der Waals surface area contributed by atoms with Crippen LogP contribution < -0.4 is 0 Å². The number of hydrogen-bond donors (Lipinski definition) is 0. The quantitative estimate of drug-likeness (QED) is 0.518. The van der Waals surface area contributed by atoms with Crippen molar-refractivity contribution in [1.82, 2.24) is 0 Å². The van der Waals surface area contributed by atoms with E-state index in [1.807, 2.05) is 0 Å². The summed E-state index contributed by atoms with van der Waals surface area (Å²) in [6, 6.07) is 8.44. The van der Waals surface area contributed by atoms with E-state index < -0.39 is 0 Å². The number of hydrogen-bond acceptors (Lipinski definition) is 0. The topological polar surface area (TPSA) is 0 Å². The van der Waals surface area contributed by atoms with Crippen LogP contribution in [0.5, 0.6) is 0 Å². The number of rotatable bonds is 0. The van der Waals surface area contributed by atoms with Gasteiger partial charge in [0, 0.05) is 5.80 Å². The highest BCUT2D eigenvalue weighted by atomic mass is 31.0. The lowest BCUT2D eigenvalue weighted by atomic mass is 10.2. The molecule has 1 heteroatoms. The highest BCUT2D eigenvalue weighted by Crippen LogP contribution is 2.24. The molecule has 0 saturated carbocycles. The van der Waals surface area contributed by atoms with Gasteiger partial charge in [0.2, 0.25) is 0 Å². The molecule has 0 spiro atoms. The van der Waals surface area contributed by atoms with Crippen LogP contribution >= 0.6 is 8.19 Å². The summed E-state index contributed by atoms with van der Waals surface area (Å²) in [5.41, 5.74) is 2.59. The largest absolute Gasteiger partial charge is 0.131 e. The highest BCUT2D eigenvalue weighted by molar-refractivity contribution is 7.28. The minimum atomic E-state index is 0.755. The molecule has 0 nitrogen and oxygen atoms in total. The van der Waals surface area contributed by atoms with Crippen molar-refractivity contribution >= 4 is 8.19 Å². The van der Waals surface area contributed by atoms with Gasteiger partial charge in [-0.2, -0.15) is 0 Å². The monoisotopic (exact) mass is 133 g/mol. The Kier molecular flexibility index (Phi) is 1.07. The summed E-state index contributed by atoms with van der Waals surface area (Å²) >= 11 is 0. The third-order valence-corrected chi connectivity index (χ3v) is 2.15. The van der Waals surface area contributed by atoms with Gasteiger partial charge in [-0.3, -0.25) is 0 Å². The van der Waals surface area contributed by atoms with Crippen LogP contribution in [0.1, 0.15) is 0 Å². The van der Waals surface area contributed by atoms with Gasteiger partial charge in [-0.05, 0) is 16.9 Å². The second kappa shape index (κ2) is 1.89. The van der Waals surface area contributed by atoms with Gasteiger partial charge < -0.3 is 0 Å². The third kappa shape index (κ3) is 0.760. The Balaban J connectivity index is 2.79. The maximum atomic E-state index is 3.28. The minimum absolute atomic E-state index is 0.755. The molecule has 0 amide bonds. The average Bonchev–Trinajstić information content (AvgIpc) is 2.33. The van der Waals surface area contributed by atoms with E-state index in [2.05, 4.69) is 35.9 Å². The Bertz CT molecular complexity index is 245. The molecule has 1 unspecified atom stereocenters. The smallest absolute Gasteiger partial charge is 0.0103 e. The molecule has 9 heavy (non-hydrogen) atoms. The summed E-state index contributed by atoms with van der Waals surface area (Å²) in [6.07, 6.45) is 0. The molecular weight excluding hydrogens is 127 g/mol. The summed E-state index contributed by atoms with van der Waals surface area (Å²) in [6.45, 7) is 0. The molecule has 1 radical (unpaired) electrons. The van der Waals surface area contributed by atoms with Crippen LogP contribution in [0.3, 0.4) is 0 Å². The van der Waals surface area contributed by atoms with Crippen molar-refractivity contribution in [1.29, 1.82) is 0 Å². The lowest BCUT2D eigenvalue weighted by molar-refractivity contribution is 1.84. The Morgan fingerprint density at radius 3 is 3.11 bits per heavy atom. The Morgan fingerprint density at radius 1 is 1.22 bits per heavy atom. The molecule has 0 bridgehead atoms. The zero-order valence-electron chi connectivity index (χ0n) is 4.89. The van der Waals surface area contributed by atoms with E-state index in [1.165, 1.54) is 11.1 Å². The van der Waals surface area contributed by atoms with Crippen molar-refractivity contribution in [3.63, 3.8) is 0 Å². The minimum Gasteiger partial charge on any atom is -0.131 e. The van der Waals surface area contributed by atoms with Gasteiger partial charge in [-0.1, -0.05) is 24.3 Å². The Hall–Kier alpha value is -0.740. The first-order valence-electron chi connectivity index (χ1n) is 2.90. The van der Waals surface area contributed by atoms with Crippen LogP contribution in [-0.2, 0) is 0 Å². The molecule has 43 valence electrons. The van der Waals surface area contributed by atoms with Gasteiger partial charge in [0.25, 0.3) is 0 Å². The van der Waals surface area contributed by atoms with E-state index in [4.69, 9.17) is 0 Å². The summed E-state index contributed by atoms with van der Waals surface area (Å²) < 4.78 is 0. The standard InChI is InChI=1S/C8H6P/c1-2-7-4-5-9-6-8(7)3-1/h1-5,9H. The molecule has 1 heterocycles. The average molecular weight is 133 g/mol. The normalized spacial score (nSPS) is 11.1. The first kappa shape index (κ1) is 5.08. The summed E-state index contributed by atoms with van der Waals surface area (Å²) in [7, 11) is 0.755. The van der Waals surface area contributed by atoms with Crippen LogP contribution in [0.4, 0.5) is 0 Å². The second-order valence-corrected chi connectivity index (χ2v) is 2.87. The molecule has 1 atom stereocenters. The molecule has 0 saturated heterocycles.